The number of nitrogens with zero attached hydrogens (tertiary/aromatic N) is 3. The summed E-state index contributed by atoms with van der Waals surface area (Å²) in [6.45, 7) is 0. The van der Waals surface area contributed by atoms with Crippen LogP contribution in [0.25, 0.3) is 11.1 Å². The molecule has 0 bridgehead atoms. The van der Waals surface area contributed by atoms with E-state index >= 15 is 0 Å². The molecule has 1 aromatic heterocycles. The molecule has 36 heavy (non-hydrogen) atoms. The summed E-state index contributed by atoms with van der Waals surface area (Å²) in [4.78, 5) is 26.7. The maximum atomic E-state index is 13.6. The highest BCUT2D eigenvalue weighted by Crippen LogP contribution is 2.50. The maximum absolute atomic E-state index is 13.6. The van der Waals surface area contributed by atoms with Crippen molar-refractivity contribution in [3.63, 3.8) is 0 Å². The van der Waals surface area contributed by atoms with E-state index in [2.05, 4.69) is 36.4 Å². The molecule has 0 radical (unpaired) electrons. The molecule has 0 N–H and O–H groups in total. The van der Waals surface area contributed by atoms with E-state index in [-0.39, 0.29) is 5.56 Å². The molecule has 5 aromatic rings. The van der Waals surface area contributed by atoms with Crippen LogP contribution in [-0.4, -0.2) is 9.13 Å². The minimum atomic E-state index is -2.69. The van der Waals surface area contributed by atoms with E-state index in [0.29, 0.717) is 11.4 Å². The molecular weight excluding hydrogens is 465 g/mol. The number of aromatic nitrogens is 2. The lowest BCUT2D eigenvalue weighted by atomic mass is 10.1. The molecule has 178 valence electrons. The van der Waals surface area contributed by atoms with Gasteiger partial charge >= 0.3 is 5.69 Å². The van der Waals surface area contributed by atoms with Crippen LogP contribution >= 0.6 is 7.05 Å². The van der Waals surface area contributed by atoms with Gasteiger partial charge < -0.3 is 0 Å². The maximum Gasteiger partial charge on any atom is 0.332 e. The first-order valence-electron chi connectivity index (χ1n) is 11.7. The molecule has 0 aliphatic carbocycles. The van der Waals surface area contributed by atoms with E-state index in [1.807, 2.05) is 84.9 Å². The van der Waals surface area contributed by atoms with Crippen LogP contribution in [0.15, 0.2) is 136 Å². The molecule has 0 spiro atoms. The lowest BCUT2D eigenvalue weighted by Gasteiger charge is -2.28. The molecule has 5 nitrogen and oxygen atoms in total. The van der Waals surface area contributed by atoms with Gasteiger partial charge in [-0.1, -0.05) is 121 Å². The Hall–Kier alpha value is -4.21. The fourth-order valence-corrected chi connectivity index (χ4v) is 8.07. The summed E-state index contributed by atoms with van der Waals surface area (Å²) in [5.41, 5.74) is 0.355. The van der Waals surface area contributed by atoms with Crippen molar-refractivity contribution in [2.45, 2.75) is 0 Å². The van der Waals surface area contributed by atoms with Crippen LogP contribution in [0.1, 0.15) is 0 Å². The van der Waals surface area contributed by atoms with Gasteiger partial charge in [0.15, 0.2) is 0 Å². The van der Waals surface area contributed by atoms with E-state index in [4.69, 9.17) is 4.74 Å². The Labute approximate surface area is 210 Å². The zero-order valence-electron chi connectivity index (χ0n) is 20.2. The average Bonchev–Trinajstić information content (AvgIpc) is 2.95. The second-order valence-electron chi connectivity index (χ2n) is 8.51. The largest absolute Gasteiger partial charge is 0.332 e. The summed E-state index contributed by atoms with van der Waals surface area (Å²) in [7, 11) is 0.505. The fraction of sp³-hybridized carbons (Fsp3) is 0.0667. The molecular formula is C30H26N3O2P. The fourth-order valence-electron chi connectivity index (χ4n) is 4.50. The van der Waals surface area contributed by atoms with Gasteiger partial charge in [-0.25, -0.2) is 9.54 Å². The number of hydrogen-bond donors (Lipinski definition) is 0. The third-order valence-electron chi connectivity index (χ3n) is 6.33. The van der Waals surface area contributed by atoms with E-state index in [9.17, 15) is 9.59 Å². The summed E-state index contributed by atoms with van der Waals surface area (Å²) < 4.78 is 8.14. The van der Waals surface area contributed by atoms with Crippen LogP contribution in [0.2, 0.25) is 0 Å². The van der Waals surface area contributed by atoms with E-state index in [0.717, 1.165) is 26.0 Å². The zero-order chi connectivity index (χ0) is 25.1. The van der Waals surface area contributed by atoms with Gasteiger partial charge in [0.05, 0.1) is 12.6 Å². The second-order valence-corrected chi connectivity index (χ2v) is 11.5. The summed E-state index contributed by atoms with van der Waals surface area (Å²) in [6, 6.07) is 39.9. The standard InChI is InChI=1S/C30H26N3O2P/c1-32-28(27(23-15-7-3-8-16-23)29(34)33(2)30(32)35)31-36(24-17-9-4-10-18-24,25-19-11-5-12-20-25)26-21-13-6-14-22-26/h3-22H,1-2H3. The van der Waals surface area contributed by atoms with Crippen molar-refractivity contribution in [2.75, 3.05) is 0 Å². The summed E-state index contributed by atoms with van der Waals surface area (Å²) in [5, 5.41) is 3.11. The van der Waals surface area contributed by atoms with Crippen LogP contribution in [0, 0.1) is 0 Å². The first kappa shape index (κ1) is 23.5. The number of benzene rings is 4. The Morgan fingerprint density at radius 3 is 1.36 bits per heavy atom. The lowest BCUT2D eigenvalue weighted by molar-refractivity contribution is 0.692. The predicted octanol–water partition coefficient (Wildman–Crippen LogP) is 4.56. The third-order valence-corrected chi connectivity index (χ3v) is 9.96. The minimum absolute atomic E-state index is 0.365. The zero-order valence-corrected chi connectivity index (χ0v) is 21.0. The van der Waals surface area contributed by atoms with Crippen molar-refractivity contribution in [1.29, 1.82) is 0 Å². The van der Waals surface area contributed by atoms with Gasteiger partial charge in [-0.2, -0.15) is 0 Å². The van der Waals surface area contributed by atoms with Crippen LogP contribution in [0.3, 0.4) is 0 Å². The van der Waals surface area contributed by atoms with Crippen molar-refractivity contribution in [2.24, 2.45) is 18.8 Å². The first-order chi connectivity index (χ1) is 17.5. The highest BCUT2D eigenvalue weighted by molar-refractivity contribution is 7.87. The van der Waals surface area contributed by atoms with Crippen molar-refractivity contribution in [3.05, 3.63) is 142 Å². The SMILES string of the molecule is Cn1c(N=P(c2ccccc2)(c2ccccc2)c2ccccc2)c(-c2ccccc2)c(=O)n(C)c1=O. The highest BCUT2D eigenvalue weighted by Gasteiger charge is 2.29. The smallest absolute Gasteiger partial charge is 0.281 e. The molecule has 1 heterocycles. The van der Waals surface area contributed by atoms with Gasteiger partial charge in [0.1, 0.15) is 5.82 Å². The molecule has 0 saturated carbocycles. The van der Waals surface area contributed by atoms with E-state index < -0.39 is 12.7 Å². The molecule has 0 amide bonds. The Morgan fingerprint density at radius 2 is 0.944 bits per heavy atom. The van der Waals surface area contributed by atoms with E-state index in [1.54, 1.807) is 7.05 Å². The van der Waals surface area contributed by atoms with Crippen LogP contribution in [-0.2, 0) is 14.1 Å². The molecule has 5 rings (SSSR count). The Bertz CT molecular complexity index is 1570. The molecule has 6 heteroatoms. The molecule has 0 unspecified atom stereocenters. The molecule has 0 saturated heterocycles. The number of hydrogen-bond acceptors (Lipinski definition) is 3. The quantitative estimate of drug-likeness (QED) is 0.339. The second kappa shape index (κ2) is 9.80. The van der Waals surface area contributed by atoms with E-state index in [1.165, 1.54) is 11.6 Å². The highest BCUT2D eigenvalue weighted by atomic mass is 31.2. The molecule has 0 fully saturated rings. The van der Waals surface area contributed by atoms with Gasteiger partial charge in [-0.3, -0.25) is 13.9 Å². The van der Waals surface area contributed by atoms with Crippen LogP contribution < -0.4 is 27.2 Å². The normalized spacial score (nSPS) is 11.3. The van der Waals surface area contributed by atoms with Gasteiger partial charge in [-0.05, 0) is 5.56 Å². The van der Waals surface area contributed by atoms with Crippen molar-refractivity contribution >= 4 is 28.8 Å². The van der Waals surface area contributed by atoms with Gasteiger partial charge in [0, 0.05) is 30.0 Å². The van der Waals surface area contributed by atoms with Gasteiger partial charge in [0.25, 0.3) is 5.56 Å². The minimum Gasteiger partial charge on any atom is -0.281 e. The van der Waals surface area contributed by atoms with Gasteiger partial charge in [-0.15, -0.1) is 0 Å². The molecule has 4 aromatic carbocycles. The van der Waals surface area contributed by atoms with Crippen LogP contribution in [0.5, 0.6) is 0 Å². The topological polar surface area (TPSA) is 56.4 Å². The third kappa shape index (κ3) is 3.98. The Morgan fingerprint density at radius 1 is 0.556 bits per heavy atom. The van der Waals surface area contributed by atoms with Crippen LogP contribution in [0.4, 0.5) is 5.82 Å². The van der Waals surface area contributed by atoms with Gasteiger partial charge in [0.2, 0.25) is 0 Å². The predicted molar refractivity (Wildman–Crippen MR) is 150 cm³/mol. The molecule has 0 aliphatic rings. The summed E-state index contributed by atoms with van der Waals surface area (Å²) in [6.07, 6.45) is 0. The molecule has 0 atom stereocenters. The monoisotopic (exact) mass is 491 g/mol. The number of rotatable bonds is 5. The summed E-state index contributed by atoms with van der Waals surface area (Å²) >= 11 is 0. The Balaban J connectivity index is 2.04. The van der Waals surface area contributed by atoms with Crippen molar-refractivity contribution in [3.8, 4) is 11.1 Å². The summed E-state index contributed by atoms with van der Waals surface area (Å²) in [5.74, 6) is 0.374. The Kier molecular flexibility index (Phi) is 6.41. The lowest BCUT2D eigenvalue weighted by Crippen LogP contribution is -2.38. The van der Waals surface area contributed by atoms with Crippen molar-refractivity contribution in [1.82, 2.24) is 9.13 Å². The average molecular weight is 492 g/mol. The van der Waals surface area contributed by atoms with Crippen molar-refractivity contribution < 1.29 is 0 Å². The first-order valence-corrected chi connectivity index (χ1v) is 13.4. The molecule has 0 aliphatic heterocycles.